The first-order chi connectivity index (χ1) is 10.4. The molecule has 22 heavy (non-hydrogen) atoms. The van der Waals surface area contributed by atoms with Gasteiger partial charge >= 0.3 is 5.69 Å². The number of hydrogen-bond donors (Lipinski definition) is 2. The Hall–Kier alpha value is -2.42. The van der Waals surface area contributed by atoms with Gasteiger partial charge in [0, 0.05) is 22.8 Å². The molecule has 1 aromatic heterocycles. The van der Waals surface area contributed by atoms with Crippen molar-refractivity contribution in [1.29, 1.82) is 0 Å². The Morgan fingerprint density at radius 1 is 1.23 bits per heavy atom. The number of amides is 1. The van der Waals surface area contributed by atoms with E-state index in [-0.39, 0.29) is 6.54 Å². The molecule has 0 saturated heterocycles. The van der Waals surface area contributed by atoms with Gasteiger partial charge in [-0.2, -0.15) is 8.78 Å². The molecule has 1 aromatic carbocycles. The van der Waals surface area contributed by atoms with Gasteiger partial charge in [-0.1, -0.05) is 11.8 Å². The maximum absolute atomic E-state index is 12.2. The molecule has 0 aliphatic rings. The second-order valence-electron chi connectivity index (χ2n) is 4.19. The third-order valence-electron chi connectivity index (χ3n) is 2.57. The molecular formula is C13H11F2N3O3S. The summed E-state index contributed by atoms with van der Waals surface area (Å²) in [7, 11) is 0. The molecule has 2 N–H and O–H groups in total. The lowest BCUT2D eigenvalue weighted by atomic mass is 10.3. The van der Waals surface area contributed by atoms with Crippen LogP contribution in [0.25, 0.3) is 0 Å². The predicted molar refractivity (Wildman–Crippen MR) is 78.3 cm³/mol. The van der Waals surface area contributed by atoms with E-state index in [0.717, 1.165) is 10.6 Å². The summed E-state index contributed by atoms with van der Waals surface area (Å²) in [5.41, 5.74) is -0.818. The molecule has 0 spiro atoms. The molecule has 0 aliphatic carbocycles. The zero-order valence-corrected chi connectivity index (χ0v) is 11.9. The van der Waals surface area contributed by atoms with Gasteiger partial charge in [0.2, 0.25) is 5.91 Å². The van der Waals surface area contributed by atoms with E-state index in [2.05, 4.69) is 5.32 Å². The maximum Gasteiger partial charge on any atom is 0.328 e. The van der Waals surface area contributed by atoms with Gasteiger partial charge in [-0.05, 0) is 24.3 Å². The molecule has 0 fully saturated rings. The van der Waals surface area contributed by atoms with E-state index in [0.29, 0.717) is 22.3 Å². The zero-order chi connectivity index (χ0) is 16.1. The summed E-state index contributed by atoms with van der Waals surface area (Å²) in [6.07, 6.45) is 1.21. The fourth-order valence-electron chi connectivity index (χ4n) is 1.64. The molecular weight excluding hydrogens is 316 g/mol. The smallest absolute Gasteiger partial charge is 0.325 e. The van der Waals surface area contributed by atoms with Crippen molar-refractivity contribution >= 4 is 23.4 Å². The van der Waals surface area contributed by atoms with Crippen molar-refractivity contribution in [3.8, 4) is 0 Å². The summed E-state index contributed by atoms with van der Waals surface area (Å²) in [4.78, 5) is 36.5. The minimum Gasteiger partial charge on any atom is -0.325 e. The first-order valence-corrected chi connectivity index (χ1v) is 6.96. The fourth-order valence-corrected chi connectivity index (χ4v) is 2.14. The number of carbonyl (C=O) groups excluding carboxylic acids is 1. The van der Waals surface area contributed by atoms with E-state index >= 15 is 0 Å². The number of halogens is 2. The molecule has 0 atom stereocenters. The van der Waals surface area contributed by atoms with Gasteiger partial charge in [0.15, 0.2) is 0 Å². The van der Waals surface area contributed by atoms with Gasteiger partial charge in [-0.25, -0.2) is 4.79 Å². The number of nitrogens with zero attached hydrogens (tertiary/aromatic N) is 1. The Kier molecular flexibility index (Phi) is 5.10. The van der Waals surface area contributed by atoms with Crippen LogP contribution in [0.1, 0.15) is 0 Å². The van der Waals surface area contributed by atoms with Crippen LogP contribution >= 0.6 is 11.8 Å². The van der Waals surface area contributed by atoms with Crippen molar-refractivity contribution in [2.75, 3.05) is 5.32 Å². The van der Waals surface area contributed by atoms with E-state index < -0.39 is 22.9 Å². The minimum absolute atomic E-state index is 0.275. The van der Waals surface area contributed by atoms with Gasteiger partial charge in [0.25, 0.3) is 11.3 Å². The van der Waals surface area contributed by atoms with Crippen LogP contribution in [0.4, 0.5) is 14.5 Å². The lowest BCUT2D eigenvalue weighted by Crippen LogP contribution is -2.32. The Labute approximate surface area is 127 Å². The van der Waals surface area contributed by atoms with Crippen LogP contribution < -0.4 is 16.6 Å². The SMILES string of the molecule is O=C(Cn1ccc(=O)[nH]c1=O)Nc1ccc(SC(F)F)cc1. The zero-order valence-electron chi connectivity index (χ0n) is 11.1. The van der Waals surface area contributed by atoms with Gasteiger partial charge in [-0.3, -0.25) is 19.1 Å². The number of nitrogens with one attached hydrogen (secondary N) is 2. The number of aromatic nitrogens is 2. The van der Waals surface area contributed by atoms with Crippen LogP contribution in [0.15, 0.2) is 51.0 Å². The van der Waals surface area contributed by atoms with Crippen LogP contribution in [-0.4, -0.2) is 21.2 Å². The van der Waals surface area contributed by atoms with Crippen LogP contribution in [0.5, 0.6) is 0 Å². The molecule has 9 heteroatoms. The highest BCUT2D eigenvalue weighted by Gasteiger charge is 2.07. The van der Waals surface area contributed by atoms with Crippen molar-refractivity contribution in [2.24, 2.45) is 0 Å². The van der Waals surface area contributed by atoms with Crippen LogP contribution in [0, 0.1) is 0 Å². The molecule has 0 saturated carbocycles. The predicted octanol–water partition coefficient (Wildman–Crippen LogP) is 1.49. The first kappa shape index (κ1) is 16.0. The molecule has 1 amide bonds. The number of benzene rings is 1. The van der Waals surface area contributed by atoms with E-state index in [4.69, 9.17) is 0 Å². The number of anilines is 1. The van der Waals surface area contributed by atoms with Crippen LogP contribution in [0.3, 0.4) is 0 Å². The summed E-state index contributed by atoms with van der Waals surface area (Å²) >= 11 is 0.407. The molecule has 1 heterocycles. The normalized spacial score (nSPS) is 10.7. The molecule has 116 valence electrons. The fraction of sp³-hybridized carbons (Fsp3) is 0.154. The molecule has 6 nitrogen and oxygen atoms in total. The Bertz CT molecular complexity index is 771. The molecule has 0 radical (unpaired) electrons. The third kappa shape index (κ3) is 4.55. The molecule has 2 aromatic rings. The summed E-state index contributed by atoms with van der Waals surface area (Å²) in [5.74, 6) is -2.99. The van der Waals surface area contributed by atoms with Gasteiger partial charge < -0.3 is 5.32 Å². The van der Waals surface area contributed by atoms with Gasteiger partial charge in [0.05, 0.1) is 0 Å². The van der Waals surface area contributed by atoms with Gasteiger partial charge in [0.1, 0.15) is 6.54 Å². The first-order valence-electron chi connectivity index (χ1n) is 6.08. The second-order valence-corrected chi connectivity index (χ2v) is 5.25. The van der Waals surface area contributed by atoms with Crippen molar-refractivity contribution < 1.29 is 13.6 Å². The highest BCUT2D eigenvalue weighted by molar-refractivity contribution is 7.99. The molecule has 0 aliphatic heterocycles. The maximum atomic E-state index is 12.2. The number of carbonyl (C=O) groups is 1. The van der Waals surface area contributed by atoms with E-state index in [1.807, 2.05) is 4.98 Å². The van der Waals surface area contributed by atoms with Crippen molar-refractivity contribution in [3.05, 3.63) is 57.4 Å². The third-order valence-corrected chi connectivity index (χ3v) is 3.30. The topological polar surface area (TPSA) is 84.0 Å². The van der Waals surface area contributed by atoms with Crippen molar-refractivity contribution in [3.63, 3.8) is 0 Å². The second kappa shape index (κ2) is 7.03. The van der Waals surface area contributed by atoms with Gasteiger partial charge in [-0.15, -0.1) is 0 Å². The lowest BCUT2D eigenvalue weighted by molar-refractivity contribution is -0.116. The van der Waals surface area contributed by atoms with Crippen LogP contribution in [0.2, 0.25) is 0 Å². The average molecular weight is 327 g/mol. The molecule has 0 unspecified atom stereocenters. The molecule has 0 bridgehead atoms. The van der Waals surface area contributed by atoms with Crippen molar-refractivity contribution in [2.45, 2.75) is 17.2 Å². The standard InChI is InChI=1S/C13H11F2N3O3S/c14-12(15)22-9-3-1-8(2-4-9)16-11(20)7-18-6-5-10(19)17-13(18)21/h1-6,12H,7H2,(H,16,20)(H,17,19,21). The Morgan fingerprint density at radius 3 is 2.50 bits per heavy atom. The summed E-state index contributed by atoms with van der Waals surface area (Å²) in [6.45, 7) is -0.275. The number of thioether (sulfide) groups is 1. The summed E-state index contributed by atoms with van der Waals surface area (Å²) in [5, 5.41) is 2.53. The summed E-state index contributed by atoms with van der Waals surface area (Å²) < 4.78 is 25.4. The number of aromatic amines is 1. The summed E-state index contributed by atoms with van der Waals surface area (Å²) in [6, 6.07) is 7.01. The average Bonchev–Trinajstić information content (AvgIpc) is 2.43. The lowest BCUT2D eigenvalue weighted by Gasteiger charge is -2.07. The number of rotatable bonds is 5. The van der Waals surface area contributed by atoms with E-state index in [1.165, 1.54) is 30.5 Å². The largest absolute Gasteiger partial charge is 0.328 e. The number of hydrogen-bond acceptors (Lipinski definition) is 4. The molecule has 2 rings (SSSR count). The minimum atomic E-state index is -2.51. The number of H-pyrrole nitrogens is 1. The number of alkyl halides is 2. The highest BCUT2D eigenvalue weighted by atomic mass is 32.2. The highest BCUT2D eigenvalue weighted by Crippen LogP contribution is 2.26. The van der Waals surface area contributed by atoms with Crippen molar-refractivity contribution in [1.82, 2.24) is 9.55 Å². The van der Waals surface area contributed by atoms with E-state index in [1.54, 1.807) is 0 Å². The monoisotopic (exact) mass is 327 g/mol. The Morgan fingerprint density at radius 2 is 1.91 bits per heavy atom. The van der Waals surface area contributed by atoms with Crippen LogP contribution in [-0.2, 0) is 11.3 Å². The van der Waals surface area contributed by atoms with E-state index in [9.17, 15) is 23.2 Å². The quantitative estimate of drug-likeness (QED) is 0.815. The Balaban J connectivity index is 1.99.